The number of ether oxygens (including phenoxy) is 1. The second-order valence-electron chi connectivity index (χ2n) is 6.10. The molecule has 24 heavy (non-hydrogen) atoms. The second-order valence-corrected chi connectivity index (χ2v) is 7.20. The van der Waals surface area contributed by atoms with Gasteiger partial charge in [0.2, 0.25) is 0 Å². The van der Waals surface area contributed by atoms with Crippen LogP contribution in [0.5, 0.6) is 0 Å². The highest BCUT2D eigenvalue weighted by molar-refractivity contribution is 7.17. The first-order valence-electron chi connectivity index (χ1n) is 8.28. The molecule has 0 aliphatic heterocycles. The molecule has 126 valence electrons. The van der Waals surface area contributed by atoms with Crippen molar-refractivity contribution in [2.24, 2.45) is 5.92 Å². The number of carbonyl (C=O) groups is 2. The molecule has 4 nitrogen and oxygen atoms in total. The molecule has 0 saturated carbocycles. The molecule has 1 atom stereocenters. The molecule has 1 aliphatic rings. The number of rotatable bonds is 4. The van der Waals surface area contributed by atoms with Gasteiger partial charge in [0.05, 0.1) is 12.2 Å². The summed E-state index contributed by atoms with van der Waals surface area (Å²) in [4.78, 5) is 26.1. The number of carbonyl (C=O) groups excluding carboxylic acids is 2. The molecule has 1 unspecified atom stereocenters. The molecule has 2 aromatic rings. The summed E-state index contributed by atoms with van der Waals surface area (Å²) in [7, 11) is 0. The number of thiophene rings is 1. The minimum atomic E-state index is -0.340. The van der Waals surface area contributed by atoms with Gasteiger partial charge < -0.3 is 10.1 Å². The number of esters is 1. The molecule has 0 bridgehead atoms. The van der Waals surface area contributed by atoms with Crippen molar-refractivity contribution in [3.63, 3.8) is 0 Å². The van der Waals surface area contributed by atoms with Gasteiger partial charge in [-0.05, 0) is 49.8 Å². The Hall–Kier alpha value is -2.14. The van der Waals surface area contributed by atoms with Crippen molar-refractivity contribution in [3.05, 3.63) is 51.9 Å². The fourth-order valence-corrected chi connectivity index (χ4v) is 4.42. The van der Waals surface area contributed by atoms with E-state index in [2.05, 4.69) is 12.2 Å². The molecule has 1 amide bonds. The first kappa shape index (κ1) is 16.7. The summed E-state index contributed by atoms with van der Waals surface area (Å²) in [6, 6.07) is 9.03. The fraction of sp³-hybridized carbons (Fsp3) is 0.368. The summed E-state index contributed by atoms with van der Waals surface area (Å²) in [5.41, 5.74) is 2.18. The van der Waals surface area contributed by atoms with E-state index >= 15 is 0 Å². The molecule has 1 N–H and O–H groups in total. The van der Waals surface area contributed by atoms with Gasteiger partial charge in [-0.2, -0.15) is 0 Å². The Balaban J connectivity index is 1.94. The first-order chi connectivity index (χ1) is 11.6. The molecule has 3 rings (SSSR count). The summed E-state index contributed by atoms with van der Waals surface area (Å²) >= 11 is 1.51. The van der Waals surface area contributed by atoms with Gasteiger partial charge in [-0.1, -0.05) is 25.1 Å². The van der Waals surface area contributed by atoms with E-state index in [-0.39, 0.29) is 11.9 Å². The van der Waals surface area contributed by atoms with Crippen LogP contribution in [0.2, 0.25) is 0 Å². The number of amides is 1. The van der Waals surface area contributed by atoms with Gasteiger partial charge in [0.25, 0.3) is 5.91 Å². The minimum absolute atomic E-state index is 0.201. The maximum absolute atomic E-state index is 12.5. The predicted octanol–water partition coefficient (Wildman–Crippen LogP) is 4.30. The van der Waals surface area contributed by atoms with Crippen molar-refractivity contribution in [1.29, 1.82) is 0 Å². The van der Waals surface area contributed by atoms with Gasteiger partial charge in [0.1, 0.15) is 5.00 Å². The Labute approximate surface area is 145 Å². The number of nitrogens with one attached hydrogen (secondary N) is 1. The van der Waals surface area contributed by atoms with Crippen molar-refractivity contribution < 1.29 is 14.3 Å². The molecule has 1 aromatic carbocycles. The summed E-state index contributed by atoms with van der Waals surface area (Å²) in [5.74, 6) is 0.0598. The summed E-state index contributed by atoms with van der Waals surface area (Å²) in [5, 5.41) is 3.53. The quantitative estimate of drug-likeness (QED) is 0.842. The Morgan fingerprint density at radius 1 is 1.29 bits per heavy atom. The zero-order valence-corrected chi connectivity index (χ0v) is 14.7. The number of hydrogen-bond donors (Lipinski definition) is 1. The average molecular weight is 343 g/mol. The van der Waals surface area contributed by atoms with Gasteiger partial charge in [0, 0.05) is 10.4 Å². The Morgan fingerprint density at radius 2 is 2.04 bits per heavy atom. The van der Waals surface area contributed by atoms with Crippen molar-refractivity contribution in [3.8, 4) is 0 Å². The second kappa shape index (κ2) is 7.18. The van der Waals surface area contributed by atoms with E-state index in [1.807, 2.05) is 18.2 Å². The lowest BCUT2D eigenvalue weighted by molar-refractivity contribution is 0.0526. The van der Waals surface area contributed by atoms with E-state index < -0.39 is 0 Å². The molecule has 1 aromatic heterocycles. The van der Waals surface area contributed by atoms with Gasteiger partial charge in [-0.15, -0.1) is 11.3 Å². The number of benzene rings is 1. The van der Waals surface area contributed by atoms with Crippen molar-refractivity contribution >= 4 is 28.2 Å². The van der Waals surface area contributed by atoms with Crippen LogP contribution in [0.25, 0.3) is 0 Å². The summed E-state index contributed by atoms with van der Waals surface area (Å²) < 4.78 is 5.22. The first-order valence-corrected chi connectivity index (χ1v) is 9.09. The van der Waals surface area contributed by atoms with Crippen molar-refractivity contribution in [2.45, 2.75) is 33.1 Å². The monoisotopic (exact) mass is 343 g/mol. The highest BCUT2D eigenvalue weighted by Gasteiger charge is 2.29. The zero-order chi connectivity index (χ0) is 17.1. The predicted molar refractivity (Wildman–Crippen MR) is 95.9 cm³/mol. The third-order valence-electron chi connectivity index (χ3n) is 4.25. The molecule has 0 spiro atoms. The third kappa shape index (κ3) is 3.36. The van der Waals surface area contributed by atoms with Crippen LogP contribution in [-0.2, 0) is 17.6 Å². The minimum Gasteiger partial charge on any atom is -0.462 e. The standard InChI is InChI=1S/C19H21NO3S/c1-3-23-19(22)16-14-10-9-12(2)11-15(14)24-18(16)20-17(21)13-7-5-4-6-8-13/h4-8,12H,3,9-11H2,1-2H3,(H,20,21). The molecule has 5 heteroatoms. The van der Waals surface area contributed by atoms with Crippen molar-refractivity contribution in [2.75, 3.05) is 11.9 Å². The topological polar surface area (TPSA) is 55.4 Å². The fourth-order valence-electron chi connectivity index (χ4n) is 3.02. The lowest BCUT2D eigenvalue weighted by Crippen LogP contribution is -2.16. The van der Waals surface area contributed by atoms with Crippen LogP contribution in [0.15, 0.2) is 30.3 Å². The van der Waals surface area contributed by atoms with Crippen LogP contribution in [0.4, 0.5) is 5.00 Å². The van der Waals surface area contributed by atoms with E-state index in [1.165, 1.54) is 16.2 Å². The smallest absolute Gasteiger partial charge is 0.341 e. The van der Waals surface area contributed by atoms with E-state index in [9.17, 15) is 9.59 Å². The van der Waals surface area contributed by atoms with Crippen LogP contribution < -0.4 is 5.32 Å². The molecular formula is C19H21NO3S. The lowest BCUT2D eigenvalue weighted by atomic mass is 9.88. The van der Waals surface area contributed by atoms with E-state index in [1.54, 1.807) is 19.1 Å². The number of fused-ring (bicyclic) bond motifs is 1. The maximum atomic E-state index is 12.5. The zero-order valence-electron chi connectivity index (χ0n) is 13.9. The Morgan fingerprint density at radius 3 is 2.75 bits per heavy atom. The molecule has 1 heterocycles. The maximum Gasteiger partial charge on any atom is 0.341 e. The highest BCUT2D eigenvalue weighted by Crippen LogP contribution is 2.40. The number of anilines is 1. The summed E-state index contributed by atoms with van der Waals surface area (Å²) in [6.07, 6.45) is 2.87. The van der Waals surface area contributed by atoms with Gasteiger partial charge in [-0.25, -0.2) is 4.79 Å². The molecular weight excluding hydrogens is 322 g/mol. The van der Waals surface area contributed by atoms with E-state index in [4.69, 9.17) is 4.74 Å². The largest absolute Gasteiger partial charge is 0.462 e. The van der Waals surface area contributed by atoms with Gasteiger partial charge in [-0.3, -0.25) is 4.79 Å². The normalized spacial score (nSPS) is 16.3. The highest BCUT2D eigenvalue weighted by atomic mass is 32.1. The van der Waals surface area contributed by atoms with Crippen LogP contribution in [0, 0.1) is 5.92 Å². The van der Waals surface area contributed by atoms with E-state index in [0.29, 0.717) is 28.7 Å². The van der Waals surface area contributed by atoms with Gasteiger partial charge in [0.15, 0.2) is 0 Å². The van der Waals surface area contributed by atoms with Crippen LogP contribution in [0.3, 0.4) is 0 Å². The lowest BCUT2D eigenvalue weighted by Gasteiger charge is -2.18. The molecule has 0 fully saturated rings. The third-order valence-corrected chi connectivity index (χ3v) is 5.42. The Kier molecular flexibility index (Phi) is 5.00. The summed E-state index contributed by atoms with van der Waals surface area (Å²) in [6.45, 7) is 4.34. The van der Waals surface area contributed by atoms with Crippen LogP contribution in [0.1, 0.15) is 51.4 Å². The van der Waals surface area contributed by atoms with Gasteiger partial charge >= 0.3 is 5.97 Å². The number of hydrogen-bond acceptors (Lipinski definition) is 4. The molecule has 0 radical (unpaired) electrons. The van der Waals surface area contributed by atoms with Crippen molar-refractivity contribution in [1.82, 2.24) is 0 Å². The SMILES string of the molecule is CCOC(=O)c1c(NC(=O)c2ccccc2)sc2c1CCC(C)C2. The Bertz CT molecular complexity index is 751. The molecule has 0 saturated heterocycles. The van der Waals surface area contributed by atoms with Crippen LogP contribution >= 0.6 is 11.3 Å². The average Bonchev–Trinajstić information content (AvgIpc) is 2.92. The van der Waals surface area contributed by atoms with Crippen LogP contribution in [-0.4, -0.2) is 18.5 Å². The van der Waals surface area contributed by atoms with E-state index in [0.717, 1.165) is 24.8 Å². The molecule has 1 aliphatic carbocycles.